The summed E-state index contributed by atoms with van der Waals surface area (Å²) in [6.45, 7) is 4.31. The van der Waals surface area contributed by atoms with Crippen molar-refractivity contribution in [3.63, 3.8) is 0 Å². The Kier molecular flexibility index (Phi) is 6.52. The number of rotatable bonds is 7. The van der Waals surface area contributed by atoms with Crippen LogP contribution in [0.25, 0.3) is 0 Å². The highest BCUT2D eigenvalue weighted by Crippen LogP contribution is 2.31. The van der Waals surface area contributed by atoms with Crippen LogP contribution >= 0.6 is 23.5 Å². The van der Waals surface area contributed by atoms with E-state index in [9.17, 15) is 0 Å². The van der Waals surface area contributed by atoms with Gasteiger partial charge in [0.15, 0.2) is 0 Å². The number of unbranched alkanes of at least 4 members (excludes halogenated alkanes) is 1. The lowest BCUT2D eigenvalue weighted by Gasteiger charge is -2.12. The van der Waals surface area contributed by atoms with Gasteiger partial charge >= 0.3 is 0 Å². The van der Waals surface area contributed by atoms with Crippen molar-refractivity contribution in [2.75, 3.05) is 11.5 Å². The van der Waals surface area contributed by atoms with Crippen molar-refractivity contribution in [1.82, 2.24) is 0 Å². The topological polar surface area (TPSA) is 49.9 Å². The van der Waals surface area contributed by atoms with Crippen molar-refractivity contribution in [3.8, 4) is 0 Å². The summed E-state index contributed by atoms with van der Waals surface area (Å²) < 4.78 is 0. The molecule has 2 nitrogen and oxygen atoms in total. The van der Waals surface area contributed by atoms with Crippen molar-refractivity contribution in [2.45, 2.75) is 36.5 Å². The molecule has 0 saturated carbocycles. The van der Waals surface area contributed by atoms with E-state index in [4.69, 9.17) is 11.1 Å². The van der Waals surface area contributed by atoms with Gasteiger partial charge < -0.3 is 5.73 Å². The molecule has 0 saturated heterocycles. The molecule has 1 aromatic carbocycles. The monoisotopic (exact) mass is 268 g/mol. The first-order chi connectivity index (χ1) is 8.20. The second-order valence-corrected chi connectivity index (χ2v) is 6.12. The molecule has 3 N–H and O–H groups in total. The SMILES string of the molecule is CCCCSc1cccc(SCC)c1C(=N)N. The summed E-state index contributed by atoms with van der Waals surface area (Å²) in [5, 5.41) is 7.73. The number of nitrogen functional groups attached to an aromatic ring is 1. The summed E-state index contributed by atoms with van der Waals surface area (Å²) in [6.07, 6.45) is 2.40. The highest BCUT2D eigenvalue weighted by molar-refractivity contribution is 8.00. The molecule has 0 aliphatic carbocycles. The molecule has 0 heterocycles. The first-order valence-electron chi connectivity index (χ1n) is 5.93. The van der Waals surface area contributed by atoms with Gasteiger partial charge in [0.05, 0.1) is 0 Å². The number of hydrogen-bond acceptors (Lipinski definition) is 3. The van der Waals surface area contributed by atoms with Crippen LogP contribution in [0.4, 0.5) is 0 Å². The van der Waals surface area contributed by atoms with Crippen molar-refractivity contribution in [2.24, 2.45) is 5.73 Å². The molecule has 0 amide bonds. The van der Waals surface area contributed by atoms with E-state index in [2.05, 4.69) is 32.0 Å². The van der Waals surface area contributed by atoms with Crippen LogP contribution in [-0.4, -0.2) is 17.3 Å². The molecule has 0 fully saturated rings. The molecule has 17 heavy (non-hydrogen) atoms. The molecule has 0 aliphatic heterocycles. The fourth-order valence-electron chi connectivity index (χ4n) is 1.50. The molecule has 0 atom stereocenters. The lowest BCUT2D eigenvalue weighted by molar-refractivity contribution is 0.896. The van der Waals surface area contributed by atoms with Crippen LogP contribution in [0.3, 0.4) is 0 Å². The summed E-state index contributed by atoms with van der Waals surface area (Å²) >= 11 is 3.56. The molecule has 0 aliphatic rings. The van der Waals surface area contributed by atoms with Gasteiger partial charge in [0.2, 0.25) is 0 Å². The molecule has 0 aromatic heterocycles. The lowest BCUT2D eigenvalue weighted by Crippen LogP contribution is -2.13. The zero-order chi connectivity index (χ0) is 12.7. The van der Waals surface area contributed by atoms with E-state index in [1.807, 2.05) is 0 Å². The average molecular weight is 268 g/mol. The molecule has 4 heteroatoms. The number of nitrogens with one attached hydrogen (secondary N) is 1. The van der Waals surface area contributed by atoms with Crippen LogP contribution in [-0.2, 0) is 0 Å². The summed E-state index contributed by atoms with van der Waals surface area (Å²) in [6, 6.07) is 6.17. The first kappa shape index (κ1) is 14.5. The molecule has 0 bridgehead atoms. The minimum absolute atomic E-state index is 0.181. The van der Waals surface area contributed by atoms with Crippen molar-refractivity contribution < 1.29 is 0 Å². The molecule has 1 aromatic rings. The van der Waals surface area contributed by atoms with Crippen LogP contribution in [0.15, 0.2) is 28.0 Å². The Balaban J connectivity index is 2.94. The number of amidine groups is 1. The predicted molar refractivity (Wildman–Crippen MR) is 79.5 cm³/mol. The molecule has 0 unspecified atom stereocenters. The Hall–Kier alpha value is -0.610. The fourth-order valence-corrected chi connectivity index (χ4v) is 3.61. The van der Waals surface area contributed by atoms with Gasteiger partial charge in [-0.25, -0.2) is 0 Å². The normalized spacial score (nSPS) is 10.5. The van der Waals surface area contributed by atoms with Gasteiger partial charge in [-0.1, -0.05) is 26.3 Å². The summed E-state index contributed by atoms with van der Waals surface area (Å²) in [4.78, 5) is 2.27. The molecular weight excluding hydrogens is 248 g/mol. The van der Waals surface area contributed by atoms with Crippen molar-refractivity contribution >= 4 is 29.4 Å². The Morgan fingerprint density at radius 2 is 1.88 bits per heavy atom. The Morgan fingerprint density at radius 3 is 2.41 bits per heavy atom. The summed E-state index contributed by atoms with van der Waals surface area (Å²) in [5.41, 5.74) is 6.62. The molecule has 94 valence electrons. The second kappa shape index (κ2) is 7.67. The lowest BCUT2D eigenvalue weighted by atomic mass is 10.2. The number of nitrogens with two attached hydrogens (primary N) is 1. The Bertz CT molecular complexity index is 378. The zero-order valence-corrected chi connectivity index (χ0v) is 12.1. The zero-order valence-electron chi connectivity index (χ0n) is 10.5. The molecule has 0 spiro atoms. The largest absolute Gasteiger partial charge is 0.384 e. The highest BCUT2D eigenvalue weighted by atomic mass is 32.2. The number of hydrogen-bond donors (Lipinski definition) is 2. The number of benzene rings is 1. The van der Waals surface area contributed by atoms with Gasteiger partial charge in [-0.3, -0.25) is 5.41 Å². The van der Waals surface area contributed by atoms with Gasteiger partial charge in [-0.15, -0.1) is 23.5 Å². The average Bonchev–Trinajstić information content (AvgIpc) is 2.29. The van der Waals surface area contributed by atoms with Gasteiger partial charge in [0.25, 0.3) is 0 Å². The van der Waals surface area contributed by atoms with Crippen LogP contribution < -0.4 is 5.73 Å². The minimum Gasteiger partial charge on any atom is -0.384 e. The van der Waals surface area contributed by atoms with E-state index in [1.165, 1.54) is 12.8 Å². The number of thioether (sulfide) groups is 2. The maximum atomic E-state index is 7.73. The quantitative estimate of drug-likeness (QED) is 0.340. The molecular formula is C13H20N2S2. The summed E-state index contributed by atoms with van der Waals surface area (Å²) in [5.74, 6) is 2.28. The maximum Gasteiger partial charge on any atom is 0.125 e. The standard InChI is InChI=1S/C13H20N2S2/c1-3-5-9-17-11-8-6-7-10(16-4-2)12(11)13(14)15/h6-8H,3-5,9H2,1-2H3,(H3,14,15). The predicted octanol–water partition coefficient (Wildman–Crippen LogP) is 3.97. The Morgan fingerprint density at radius 1 is 1.24 bits per heavy atom. The van der Waals surface area contributed by atoms with Gasteiger partial charge in [-0.2, -0.15) is 0 Å². The van der Waals surface area contributed by atoms with Crippen LogP contribution in [0.1, 0.15) is 32.3 Å². The van der Waals surface area contributed by atoms with E-state index >= 15 is 0 Å². The fraction of sp³-hybridized carbons (Fsp3) is 0.462. The van der Waals surface area contributed by atoms with E-state index in [1.54, 1.807) is 23.5 Å². The third kappa shape index (κ3) is 4.28. The van der Waals surface area contributed by atoms with E-state index < -0.39 is 0 Å². The van der Waals surface area contributed by atoms with Gasteiger partial charge in [0.1, 0.15) is 5.84 Å². The van der Waals surface area contributed by atoms with Crippen molar-refractivity contribution in [3.05, 3.63) is 23.8 Å². The van der Waals surface area contributed by atoms with Gasteiger partial charge in [-0.05, 0) is 30.1 Å². The van der Waals surface area contributed by atoms with Crippen LogP contribution in [0.5, 0.6) is 0 Å². The smallest absolute Gasteiger partial charge is 0.125 e. The first-order valence-corrected chi connectivity index (χ1v) is 7.90. The van der Waals surface area contributed by atoms with E-state index in [0.29, 0.717) is 0 Å². The summed E-state index contributed by atoms with van der Waals surface area (Å²) in [7, 11) is 0. The van der Waals surface area contributed by atoms with Crippen LogP contribution in [0.2, 0.25) is 0 Å². The Labute approximate surface area is 112 Å². The van der Waals surface area contributed by atoms with Gasteiger partial charge in [0, 0.05) is 15.4 Å². The van der Waals surface area contributed by atoms with E-state index in [-0.39, 0.29) is 5.84 Å². The third-order valence-corrected chi connectivity index (χ3v) is 4.40. The highest BCUT2D eigenvalue weighted by Gasteiger charge is 2.11. The molecule has 1 rings (SSSR count). The maximum absolute atomic E-state index is 7.73. The second-order valence-electron chi connectivity index (χ2n) is 3.68. The molecule has 0 radical (unpaired) electrons. The minimum atomic E-state index is 0.181. The van der Waals surface area contributed by atoms with E-state index in [0.717, 1.165) is 26.9 Å². The van der Waals surface area contributed by atoms with Crippen molar-refractivity contribution in [1.29, 1.82) is 5.41 Å². The van der Waals surface area contributed by atoms with Crippen LogP contribution in [0, 0.1) is 5.41 Å². The third-order valence-electron chi connectivity index (χ3n) is 2.31.